The lowest BCUT2D eigenvalue weighted by molar-refractivity contribution is 0.281. The highest BCUT2D eigenvalue weighted by Crippen LogP contribution is 2.26. The number of aromatic nitrogens is 2. The Labute approximate surface area is 143 Å². The lowest BCUT2D eigenvalue weighted by atomic mass is 10.1. The minimum absolute atomic E-state index is 0.941. The predicted molar refractivity (Wildman–Crippen MR) is 98.1 cm³/mol. The Morgan fingerprint density at radius 3 is 2.79 bits per heavy atom. The summed E-state index contributed by atoms with van der Waals surface area (Å²) in [7, 11) is 0. The number of nitrogens with one attached hydrogen (secondary N) is 1. The van der Waals surface area contributed by atoms with Crippen LogP contribution < -0.4 is 5.32 Å². The lowest BCUT2D eigenvalue weighted by Crippen LogP contribution is -2.28. The van der Waals surface area contributed by atoms with E-state index in [-0.39, 0.29) is 0 Å². The van der Waals surface area contributed by atoms with Crippen LogP contribution in [-0.2, 0) is 6.54 Å². The summed E-state index contributed by atoms with van der Waals surface area (Å²) in [4.78, 5) is 7.46. The summed E-state index contributed by atoms with van der Waals surface area (Å²) in [5.74, 6) is 0. The minimum Gasteiger partial charge on any atom is -0.315 e. The Hall–Kier alpha value is -2.17. The highest BCUT2D eigenvalue weighted by Gasteiger charge is 2.17. The summed E-state index contributed by atoms with van der Waals surface area (Å²) in [6, 6.07) is 14.9. The summed E-state index contributed by atoms with van der Waals surface area (Å²) in [6.07, 6.45) is 3.34. The molecule has 124 valence electrons. The van der Waals surface area contributed by atoms with Crippen LogP contribution in [0.15, 0.2) is 48.7 Å². The number of pyridine rings is 1. The van der Waals surface area contributed by atoms with E-state index in [0.29, 0.717) is 0 Å². The Balaban J connectivity index is 1.76. The quantitative estimate of drug-likeness (QED) is 0.805. The largest absolute Gasteiger partial charge is 0.315 e. The van der Waals surface area contributed by atoms with Crippen molar-refractivity contribution >= 4 is 5.65 Å². The van der Waals surface area contributed by atoms with Crippen LogP contribution in [0.5, 0.6) is 0 Å². The first kappa shape index (κ1) is 15.4. The zero-order valence-corrected chi connectivity index (χ0v) is 14.2. The van der Waals surface area contributed by atoms with Gasteiger partial charge in [0.1, 0.15) is 5.65 Å². The van der Waals surface area contributed by atoms with Gasteiger partial charge in [0.25, 0.3) is 0 Å². The third-order valence-electron chi connectivity index (χ3n) is 4.76. The van der Waals surface area contributed by atoms with E-state index in [9.17, 15) is 0 Å². The SMILES string of the molecule is Cc1ccc(-c2nc3ccccn3c2CN2CCCNCC2)cc1. The maximum atomic E-state index is 4.92. The number of rotatable bonds is 3. The summed E-state index contributed by atoms with van der Waals surface area (Å²) in [5, 5.41) is 3.48. The number of hydrogen-bond acceptors (Lipinski definition) is 3. The van der Waals surface area contributed by atoms with Gasteiger partial charge in [0.15, 0.2) is 0 Å². The standard InChI is InChI=1S/C20H24N4/c1-16-6-8-17(9-7-16)20-18(15-23-12-4-10-21-11-14-23)24-13-3-2-5-19(24)22-20/h2-3,5-9,13,21H,4,10-12,14-15H2,1H3. The first-order valence-corrected chi connectivity index (χ1v) is 8.77. The molecular weight excluding hydrogens is 296 g/mol. The molecule has 3 heterocycles. The van der Waals surface area contributed by atoms with Crippen LogP contribution in [0.4, 0.5) is 0 Å². The van der Waals surface area contributed by atoms with E-state index in [0.717, 1.165) is 44.1 Å². The van der Waals surface area contributed by atoms with E-state index in [1.807, 2.05) is 0 Å². The number of imidazole rings is 1. The van der Waals surface area contributed by atoms with Gasteiger partial charge < -0.3 is 9.72 Å². The molecule has 4 nitrogen and oxygen atoms in total. The van der Waals surface area contributed by atoms with Crippen molar-refractivity contribution in [2.24, 2.45) is 0 Å². The normalized spacial score (nSPS) is 16.4. The average molecular weight is 320 g/mol. The van der Waals surface area contributed by atoms with E-state index in [4.69, 9.17) is 4.98 Å². The molecule has 1 aromatic carbocycles. The van der Waals surface area contributed by atoms with Crippen LogP contribution in [-0.4, -0.2) is 40.5 Å². The summed E-state index contributed by atoms with van der Waals surface area (Å²) in [6.45, 7) is 7.48. The molecule has 0 aliphatic carbocycles. The Bertz CT molecular complexity index is 811. The van der Waals surface area contributed by atoms with Gasteiger partial charge in [-0.3, -0.25) is 4.90 Å². The van der Waals surface area contributed by atoms with Gasteiger partial charge in [0.05, 0.1) is 11.4 Å². The highest BCUT2D eigenvalue weighted by molar-refractivity contribution is 5.66. The fourth-order valence-electron chi connectivity index (χ4n) is 3.41. The fraction of sp³-hybridized carbons (Fsp3) is 0.350. The Morgan fingerprint density at radius 1 is 1.04 bits per heavy atom. The van der Waals surface area contributed by atoms with Gasteiger partial charge in [-0.15, -0.1) is 0 Å². The maximum absolute atomic E-state index is 4.92. The molecule has 1 aliphatic rings. The van der Waals surface area contributed by atoms with Gasteiger partial charge in [-0.1, -0.05) is 35.9 Å². The van der Waals surface area contributed by atoms with E-state index in [2.05, 4.69) is 70.2 Å². The summed E-state index contributed by atoms with van der Waals surface area (Å²) in [5.41, 5.74) is 5.90. The maximum Gasteiger partial charge on any atom is 0.137 e. The third-order valence-corrected chi connectivity index (χ3v) is 4.76. The zero-order valence-electron chi connectivity index (χ0n) is 14.2. The monoisotopic (exact) mass is 320 g/mol. The Kier molecular flexibility index (Phi) is 4.32. The molecule has 4 rings (SSSR count). The van der Waals surface area contributed by atoms with Crippen molar-refractivity contribution in [2.45, 2.75) is 19.9 Å². The molecule has 0 radical (unpaired) electrons. The van der Waals surface area contributed by atoms with Crippen molar-refractivity contribution in [3.8, 4) is 11.3 Å². The molecule has 0 unspecified atom stereocenters. The van der Waals surface area contributed by atoms with Crippen molar-refractivity contribution in [3.05, 3.63) is 59.9 Å². The van der Waals surface area contributed by atoms with Gasteiger partial charge in [-0.05, 0) is 38.6 Å². The van der Waals surface area contributed by atoms with Crippen molar-refractivity contribution in [2.75, 3.05) is 26.2 Å². The van der Waals surface area contributed by atoms with E-state index in [1.54, 1.807) is 0 Å². The van der Waals surface area contributed by atoms with Gasteiger partial charge in [-0.25, -0.2) is 4.98 Å². The number of fused-ring (bicyclic) bond motifs is 1. The number of benzene rings is 1. The van der Waals surface area contributed by atoms with Crippen LogP contribution in [0.1, 0.15) is 17.7 Å². The van der Waals surface area contributed by atoms with E-state index in [1.165, 1.54) is 23.2 Å². The smallest absolute Gasteiger partial charge is 0.137 e. The second kappa shape index (κ2) is 6.75. The molecule has 4 heteroatoms. The minimum atomic E-state index is 0.941. The van der Waals surface area contributed by atoms with Crippen LogP contribution in [0.25, 0.3) is 16.9 Å². The molecule has 1 fully saturated rings. The van der Waals surface area contributed by atoms with E-state index < -0.39 is 0 Å². The van der Waals surface area contributed by atoms with Gasteiger partial charge in [-0.2, -0.15) is 0 Å². The molecule has 0 atom stereocenters. The molecular formula is C20H24N4. The first-order chi connectivity index (χ1) is 11.8. The molecule has 1 saturated heterocycles. The molecule has 2 aromatic heterocycles. The van der Waals surface area contributed by atoms with Crippen LogP contribution in [0, 0.1) is 6.92 Å². The average Bonchev–Trinajstić information content (AvgIpc) is 2.78. The van der Waals surface area contributed by atoms with Crippen molar-refractivity contribution in [1.29, 1.82) is 0 Å². The fourth-order valence-corrected chi connectivity index (χ4v) is 3.41. The molecule has 0 bridgehead atoms. The molecule has 1 N–H and O–H groups in total. The highest BCUT2D eigenvalue weighted by atomic mass is 15.2. The van der Waals surface area contributed by atoms with Gasteiger partial charge >= 0.3 is 0 Å². The summed E-state index contributed by atoms with van der Waals surface area (Å²) >= 11 is 0. The predicted octanol–water partition coefficient (Wildman–Crippen LogP) is 3.11. The molecule has 1 aliphatic heterocycles. The molecule has 0 spiro atoms. The number of hydrogen-bond donors (Lipinski definition) is 1. The Morgan fingerprint density at radius 2 is 1.92 bits per heavy atom. The second-order valence-corrected chi connectivity index (χ2v) is 6.58. The zero-order chi connectivity index (χ0) is 16.4. The van der Waals surface area contributed by atoms with Crippen molar-refractivity contribution in [3.63, 3.8) is 0 Å². The second-order valence-electron chi connectivity index (χ2n) is 6.58. The topological polar surface area (TPSA) is 32.6 Å². The first-order valence-electron chi connectivity index (χ1n) is 8.77. The molecule has 24 heavy (non-hydrogen) atoms. The van der Waals surface area contributed by atoms with Crippen LogP contribution in [0.3, 0.4) is 0 Å². The number of nitrogens with zero attached hydrogens (tertiary/aromatic N) is 3. The van der Waals surface area contributed by atoms with Crippen LogP contribution in [0.2, 0.25) is 0 Å². The lowest BCUT2D eigenvalue weighted by Gasteiger charge is -2.20. The summed E-state index contributed by atoms with van der Waals surface area (Å²) < 4.78 is 2.24. The molecule has 0 amide bonds. The third kappa shape index (κ3) is 3.07. The molecule has 0 saturated carbocycles. The van der Waals surface area contributed by atoms with Gasteiger partial charge in [0.2, 0.25) is 0 Å². The van der Waals surface area contributed by atoms with E-state index >= 15 is 0 Å². The number of aryl methyl sites for hydroxylation is 1. The molecule has 3 aromatic rings. The van der Waals surface area contributed by atoms with Crippen molar-refractivity contribution < 1.29 is 0 Å². The van der Waals surface area contributed by atoms with Crippen LogP contribution >= 0.6 is 0 Å². The van der Waals surface area contributed by atoms with Gasteiger partial charge in [0, 0.05) is 31.4 Å². The van der Waals surface area contributed by atoms with Crippen molar-refractivity contribution in [1.82, 2.24) is 19.6 Å².